The second kappa shape index (κ2) is 23.3. The molecule has 9 N–H and O–H groups in total. The molecule has 15 heteroatoms. The molecular weight excluding hydrogens is 740 g/mol. The quantitative estimate of drug-likeness (QED) is 0.0743. The molecule has 3 aromatic rings. The SMILES string of the molecule is NCCCC[C@H](NC(=O)Cc1ccccc1)C(=O)N[C@@H](CCCCN)C(=O)N[C@H](C(=O)NCC1CCNCC1)c1ccc(OCc2ccc(C(F)(F)F)cc2)cc1. The van der Waals surface area contributed by atoms with E-state index in [9.17, 15) is 32.3 Å². The van der Waals surface area contributed by atoms with E-state index >= 15 is 0 Å². The van der Waals surface area contributed by atoms with E-state index in [1.54, 1.807) is 24.3 Å². The number of hydrogen-bond donors (Lipinski definition) is 7. The Bertz CT molecular complexity index is 1690. The average molecular weight is 796 g/mol. The van der Waals surface area contributed by atoms with Gasteiger partial charge in [0.05, 0.1) is 12.0 Å². The number of amides is 4. The van der Waals surface area contributed by atoms with E-state index in [0.717, 1.165) is 43.6 Å². The van der Waals surface area contributed by atoms with E-state index in [4.69, 9.17) is 16.2 Å². The highest BCUT2D eigenvalue weighted by atomic mass is 19.4. The standard InChI is InChI=1S/C42H56F3N7O5/c43-42(44,45)33-16-12-31(13-17-33)28-57-34-18-14-32(15-19-34)38(41(56)49-27-30-20-24-48-25-21-30)52-40(55)36(11-5-7-23-47)51-39(54)35(10-4-6-22-46)50-37(53)26-29-8-2-1-3-9-29/h1-3,8-9,12-19,30,35-36,38,48H,4-7,10-11,20-28,46-47H2,(H,49,56)(H,50,53)(H,51,54)(H,52,55)/t35-,36-,38-/m0/s1. The molecule has 0 bridgehead atoms. The van der Waals surface area contributed by atoms with Gasteiger partial charge in [-0.3, -0.25) is 19.2 Å². The Morgan fingerprint density at radius 1 is 0.719 bits per heavy atom. The van der Waals surface area contributed by atoms with Crippen molar-refractivity contribution in [2.75, 3.05) is 32.7 Å². The Morgan fingerprint density at radius 3 is 1.91 bits per heavy atom. The molecule has 1 saturated heterocycles. The van der Waals surface area contributed by atoms with Gasteiger partial charge in [0.2, 0.25) is 23.6 Å². The van der Waals surface area contributed by atoms with Crippen molar-refractivity contribution in [2.24, 2.45) is 17.4 Å². The molecule has 1 heterocycles. The van der Waals surface area contributed by atoms with Crippen molar-refractivity contribution < 1.29 is 37.1 Å². The molecule has 0 aliphatic carbocycles. The molecule has 12 nitrogen and oxygen atoms in total. The number of unbranched alkanes of at least 4 members (excludes halogenated alkanes) is 2. The van der Waals surface area contributed by atoms with Crippen LogP contribution in [0.4, 0.5) is 13.2 Å². The van der Waals surface area contributed by atoms with E-state index in [-0.39, 0.29) is 31.3 Å². The molecule has 0 unspecified atom stereocenters. The van der Waals surface area contributed by atoms with Gasteiger partial charge in [-0.05, 0) is 124 Å². The molecule has 57 heavy (non-hydrogen) atoms. The number of rotatable bonds is 22. The molecule has 1 fully saturated rings. The highest BCUT2D eigenvalue weighted by Crippen LogP contribution is 2.29. The van der Waals surface area contributed by atoms with Gasteiger partial charge in [0.15, 0.2) is 0 Å². The highest BCUT2D eigenvalue weighted by Gasteiger charge is 2.32. The number of hydrogen-bond acceptors (Lipinski definition) is 8. The molecule has 1 aliphatic rings. The van der Waals surface area contributed by atoms with Crippen molar-refractivity contribution >= 4 is 23.6 Å². The predicted molar refractivity (Wildman–Crippen MR) is 212 cm³/mol. The van der Waals surface area contributed by atoms with Gasteiger partial charge in [-0.15, -0.1) is 0 Å². The van der Waals surface area contributed by atoms with Gasteiger partial charge >= 0.3 is 6.18 Å². The fraction of sp³-hybridized carbons (Fsp3) is 0.476. The summed E-state index contributed by atoms with van der Waals surface area (Å²) < 4.78 is 44.7. The molecule has 4 rings (SSSR count). The first kappa shape index (κ1) is 44.7. The number of nitrogens with two attached hydrogens (primary N) is 2. The maximum absolute atomic E-state index is 14.1. The maximum atomic E-state index is 14.1. The lowest BCUT2D eigenvalue weighted by Gasteiger charge is -2.27. The van der Waals surface area contributed by atoms with E-state index in [0.29, 0.717) is 68.6 Å². The third-order valence-corrected chi connectivity index (χ3v) is 9.86. The van der Waals surface area contributed by atoms with Gasteiger partial charge in [0.25, 0.3) is 0 Å². The van der Waals surface area contributed by atoms with Gasteiger partial charge in [-0.25, -0.2) is 0 Å². The number of piperidine rings is 1. The zero-order valence-electron chi connectivity index (χ0n) is 32.3. The molecule has 3 atom stereocenters. The zero-order valence-corrected chi connectivity index (χ0v) is 32.3. The van der Waals surface area contributed by atoms with Crippen LogP contribution in [-0.4, -0.2) is 68.4 Å². The summed E-state index contributed by atoms with van der Waals surface area (Å²) in [5.41, 5.74) is 12.5. The fourth-order valence-electron chi connectivity index (χ4n) is 6.51. The lowest BCUT2D eigenvalue weighted by atomic mass is 9.97. The van der Waals surface area contributed by atoms with Crippen LogP contribution in [0.3, 0.4) is 0 Å². The van der Waals surface area contributed by atoms with Crippen LogP contribution in [0.25, 0.3) is 0 Å². The second-order valence-electron chi connectivity index (χ2n) is 14.3. The molecule has 3 aromatic carbocycles. The van der Waals surface area contributed by atoms with Crippen LogP contribution >= 0.6 is 0 Å². The summed E-state index contributed by atoms with van der Waals surface area (Å²) in [7, 11) is 0. The van der Waals surface area contributed by atoms with E-state index < -0.39 is 47.6 Å². The van der Waals surface area contributed by atoms with Gasteiger partial charge in [0, 0.05) is 6.54 Å². The normalized spacial score (nSPS) is 14.8. The summed E-state index contributed by atoms with van der Waals surface area (Å²) in [5, 5.41) is 14.9. The topological polar surface area (TPSA) is 190 Å². The zero-order chi connectivity index (χ0) is 41.0. The van der Waals surface area contributed by atoms with Crippen LogP contribution in [0.2, 0.25) is 0 Å². The Labute approximate surface area is 332 Å². The number of benzene rings is 3. The largest absolute Gasteiger partial charge is 0.489 e. The monoisotopic (exact) mass is 795 g/mol. The summed E-state index contributed by atoms with van der Waals surface area (Å²) in [4.78, 5) is 54.7. The third kappa shape index (κ3) is 15.5. The molecule has 0 radical (unpaired) electrons. The maximum Gasteiger partial charge on any atom is 0.416 e. The minimum absolute atomic E-state index is 0.0124. The van der Waals surface area contributed by atoms with Gasteiger partial charge in [-0.2, -0.15) is 13.2 Å². The molecule has 4 amide bonds. The lowest BCUT2D eigenvalue weighted by molar-refractivity contribution is -0.137. The predicted octanol–water partition coefficient (Wildman–Crippen LogP) is 4.03. The number of alkyl halides is 3. The van der Waals surface area contributed by atoms with Crippen LogP contribution in [0.1, 0.15) is 79.7 Å². The third-order valence-electron chi connectivity index (χ3n) is 9.86. The first-order valence-corrected chi connectivity index (χ1v) is 19.7. The first-order chi connectivity index (χ1) is 27.5. The van der Waals surface area contributed by atoms with E-state index in [2.05, 4.69) is 26.6 Å². The molecule has 310 valence electrons. The van der Waals surface area contributed by atoms with Crippen LogP contribution in [-0.2, 0) is 38.4 Å². The first-order valence-electron chi connectivity index (χ1n) is 19.7. The minimum atomic E-state index is -4.44. The average Bonchev–Trinajstić information content (AvgIpc) is 3.21. The Kier molecular flexibility index (Phi) is 18.3. The number of nitrogens with one attached hydrogen (secondary N) is 5. The number of carbonyl (C=O) groups excluding carboxylic acids is 4. The van der Waals surface area contributed by atoms with E-state index in [1.807, 2.05) is 30.3 Å². The van der Waals surface area contributed by atoms with Gasteiger partial charge in [-0.1, -0.05) is 54.6 Å². The van der Waals surface area contributed by atoms with Crippen molar-refractivity contribution in [3.05, 3.63) is 101 Å². The van der Waals surface area contributed by atoms with Crippen molar-refractivity contribution in [1.29, 1.82) is 0 Å². The number of halogens is 3. The highest BCUT2D eigenvalue weighted by molar-refractivity contribution is 5.94. The van der Waals surface area contributed by atoms with E-state index in [1.165, 1.54) is 12.1 Å². The Balaban J connectivity index is 1.49. The van der Waals surface area contributed by atoms with Crippen LogP contribution in [0.5, 0.6) is 5.75 Å². The molecule has 0 spiro atoms. The van der Waals surface area contributed by atoms with Crippen molar-refractivity contribution in [2.45, 2.75) is 88.7 Å². The smallest absolute Gasteiger partial charge is 0.416 e. The number of carbonyl (C=O) groups is 4. The van der Waals surface area contributed by atoms with Crippen LogP contribution < -0.4 is 42.8 Å². The Morgan fingerprint density at radius 2 is 1.32 bits per heavy atom. The summed E-state index contributed by atoms with van der Waals surface area (Å²) in [5.74, 6) is -1.20. The molecule has 0 saturated carbocycles. The summed E-state index contributed by atoms with van der Waals surface area (Å²) in [6.45, 7) is 2.93. The second-order valence-corrected chi connectivity index (χ2v) is 14.3. The summed E-state index contributed by atoms with van der Waals surface area (Å²) in [6, 6.07) is 17.2. The number of ether oxygens (including phenoxy) is 1. The van der Waals surface area contributed by atoms with Gasteiger partial charge in [0.1, 0.15) is 30.5 Å². The Hall–Kier alpha value is -4.99. The molecule has 1 aliphatic heterocycles. The minimum Gasteiger partial charge on any atom is -0.489 e. The fourth-order valence-corrected chi connectivity index (χ4v) is 6.51. The summed E-state index contributed by atoms with van der Waals surface area (Å²) >= 11 is 0. The van der Waals surface area contributed by atoms with Crippen LogP contribution in [0.15, 0.2) is 78.9 Å². The lowest BCUT2D eigenvalue weighted by Crippen LogP contribution is -2.55. The molecular formula is C42H56F3N7O5. The van der Waals surface area contributed by atoms with Crippen LogP contribution in [0, 0.1) is 5.92 Å². The summed E-state index contributed by atoms with van der Waals surface area (Å²) in [6.07, 6.45) is 0.320. The van der Waals surface area contributed by atoms with Crippen molar-refractivity contribution in [1.82, 2.24) is 26.6 Å². The van der Waals surface area contributed by atoms with Crippen molar-refractivity contribution in [3.8, 4) is 5.75 Å². The molecule has 0 aromatic heterocycles. The van der Waals surface area contributed by atoms with Gasteiger partial charge < -0.3 is 42.8 Å². The van der Waals surface area contributed by atoms with Crippen molar-refractivity contribution in [3.63, 3.8) is 0 Å².